The van der Waals surface area contributed by atoms with E-state index in [1.54, 1.807) is 18.2 Å². The largest absolute Gasteiger partial charge is 0.481 e. The predicted octanol–water partition coefficient (Wildman–Crippen LogP) is 6.37. The van der Waals surface area contributed by atoms with E-state index in [1.165, 1.54) is 42.4 Å². The van der Waals surface area contributed by atoms with Crippen LogP contribution in [0.25, 0.3) is 0 Å². The topological polar surface area (TPSA) is 94.8 Å². The van der Waals surface area contributed by atoms with Crippen LogP contribution < -0.4 is 10.1 Å². The van der Waals surface area contributed by atoms with Crippen LogP contribution in [0.2, 0.25) is 10.0 Å². The summed E-state index contributed by atoms with van der Waals surface area (Å²) in [6.45, 7) is 4.50. The molecule has 0 bridgehead atoms. The van der Waals surface area contributed by atoms with Gasteiger partial charge in [-0.1, -0.05) is 65.6 Å². The fourth-order valence-electron chi connectivity index (χ4n) is 3.90. The highest BCUT2D eigenvalue weighted by molar-refractivity contribution is 7.99. The van der Waals surface area contributed by atoms with Crippen molar-refractivity contribution < 1.29 is 9.53 Å². The van der Waals surface area contributed by atoms with Gasteiger partial charge in [0, 0.05) is 17.5 Å². The summed E-state index contributed by atoms with van der Waals surface area (Å²) >= 11 is 15.0. The molecule has 1 aliphatic carbocycles. The molecule has 1 amide bonds. The Bertz CT molecular complexity index is 1130. The Kier molecular flexibility index (Phi) is 8.68. The lowest BCUT2D eigenvalue weighted by atomic mass is 9.90. The summed E-state index contributed by atoms with van der Waals surface area (Å²) in [6, 6.07) is 5.07. The molecule has 2 heterocycles. The van der Waals surface area contributed by atoms with E-state index >= 15 is 0 Å². The maximum absolute atomic E-state index is 12.5. The van der Waals surface area contributed by atoms with E-state index in [0.717, 1.165) is 17.8 Å². The number of hydrogen-bond acceptors (Lipinski definition) is 8. The number of hydrogen-bond donors (Lipinski definition) is 1. The number of aromatic nitrogens is 5. The third-order valence-corrected chi connectivity index (χ3v) is 8.10. The zero-order valence-corrected chi connectivity index (χ0v) is 22.1. The molecule has 12 heteroatoms. The molecule has 2 aromatic heterocycles. The van der Waals surface area contributed by atoms with E-state index in [9.17, 15) is 4.79 Å². The van der Waals surface area contributed by atoms with E-state index in [2.05, 4.69) is 25.7 Å². The molecule has 1 aliphatic rings. The van der Waals surface area contributed by atoms with Crippen LogP contribution in [0.5, 0.6) is 5.75 Å². The van der Waals surface area contributed by atoms with Crippen LogP contribution in [0.4, 0.5) is 5.13 Å². The van der Waals surface area contributed by atoms with Crippen molar-refractivity contribution in [3.63, 3.8) is 0 Å². The number of ether oxygens (including phenoxy) is 1. The normalized spacial score (nSPS) is 15.3. The Morgan fingerprint density at radius 1 is 1.24 bits per heavy atom. The number of rotatable bonds is 9. The maximum Gasteiger partial charge on any atom is 0.236 e. The SMILES string of the molecule is CCn1c(SCC(=O)Nc2nnc(C3CCCCC3)s2)nnc1C(C)Oc1ccc(Cl)cc1Cl. The molecule has 0 radical (unpaired) electrons. The minimum Gasteiger partial charge on any atom is -0.481 e. The third kappa shape index (κ3) is 6.21. The monoisotopic (exact) mass is 540 g/mol. The number of halogens is 2. The number of carbonyl (C=O) groups excluding carboxylic acids is 1. The molecule has 4 rings (SSSR count). The van der Waals surface area contributed by atoms with Crippen LogP contribution in [0.3, 0.4) is 0 Å². The van der Waals surface area contributed by atoms with Crippen LogP contribution in [0.15, 0.2) is 23.4 Å². The lowest BCUT2D eigenvalue weighted by molar-refractivity contribution is -0.113. The standard InChI is InChI=1S/C22H26Cl2N6O2S2/c1-3-30-19(13(2)32-17-10-9-15(23)11-16(17)24)26-29-22(30)33-12-18(31)25-21-28-27-20(34-21)14-7-5-4-6-8-14/h9-11,13-14H,3-8,12H2,1-2H3,(H,25,28,31). The van der Waals surface area contributed by atoms with Crippen LogP contribution in [0, 0.1) is 0 Å². The predicted molar refractivity (Wildman–Crippen MR) is 136 cm³/mol. The van der Waals surface area contributed by atoms with Crippen LogP contribution in [-0.4, -0.2) is 36.6 Å². The number of benzene rings is 1. The first-order chi connectivity index (χ1) is 16.4. The minimum atomic E-state index is -0.395. The highest BCUT2D eigenvalue weighted by atomic mass is 35.5. The zero-order valence-electron chi connectivity index (χ0n) is 19.0. The second kappa shape index (κ2) is 11.7. The van der Waals surface area contributed by atoms with Gasteiger partial charge in [0.2, 0.25) is 11.0 Å². The number of carbonyl (C=O) groups is 1. The summed E-state index contributed by atoms with van der Waals surface area (Å²) in [7, 11) is 0. The molecule has 1 saturated carbocycles. The molecule has 1 unspecified atom stereocenters. The molecular formula is C22H26Cl2N6O2S2. The van der Waals surface area contributed by atoms with Crippen molar-refractivity contribution in [3.8, 4) is 5.75 Å². The van der Waals surface area contributed by atoms with Crippen LogP contribution >= 0.6 is 46.3 Å². The van der Waals surface area contributed by atoms with Crippen molar-refractivity contribution in [1.82, 2.24) is 25.0 Å². The average Bonchev–Trinajstić information content (AvgIpc) is 3.47. The molecule has 8 nitrogen and oxygen atoms in total. The molecule has 0 saturated heterocycles. The van der Waals surface area contributed by atoms with Gasteiger partial charge in [-0.05, 0) is 44.9 Å². The Labute approximate surface area is 216 Å². The summed E-state index contributed by atoms with van der Waals surface area (Å²) in [4.78, 5) is 12.5. The van der Waals surface area contributed by atoms with Gasteiger partial charge in [0.1, 0.15) is 10.8 Å². The van der Waals surface area contributed by atoms with Gasteiger partial charge in [-0.3, -0.25) is 10.1 Å². The van der Waals surface area contributed by atoms with Crippen molar-refractivity contribution in [1.29, 1.82) is 0 Å². The first-order valence-corrected chi connectivity index (χ1v) is 13.8. The fourth-order valence-corrected chi connectivity index (χ4v) is 6.09. The molecule has 182 valence electrons. The molecule has 0 spiro atoms. The fraction of sp³-hybridized carbons (Fsp3) is 0.500. The first-order valence-electron chi connectivity index (χ1n) is 11.3. The van der Waals surface area contributed by atoms with Crippen molar-refractivity contribution in [2.75, 3.05) is 11.1 Å². The number of nitrogens with one attached hydrogen (secondary N) is 1. The van der Waals surface area contributed by atoms with Gasteiger partial charge >= 0.3 is 0 Å². The van der Waals surface area contributed by atoms with Gasteiger partial charge in [-0.2, -0.15) is 0 Å². The molecule has 34 heavy (non-hydrogen) atoms. The molecule has 1 N–H and O–H groups in total. The number of thioether (sulfide) groups is 1. The maximum atomic E-state index is 12.5. The van der Waals surface area contributed by atoms with Crippen molar-refractivity contribution in [2.45, 2.75) is 69.7 Å². The minimum absolute atomic E-state index is 0.152. The molecule has 1 aromatic carbocycles. The Morgan fingerprint density at radius 3 is 2.76 bits per heavy atom. The van der Waals surface area contributed by atoms with E-state index in [0.29, 0.717) is 44.4 Å². The van der Waals surface area contributed by atoms with Gasteiger partial charge in [-0.15, -0.1) is 20.4 Å². The second-order valence-electron chi connectivity index (χ2n) is 8.04. The first kappa shape index (κ1) is 25.2. The smallest absolute Gasteiger partial charge is 0.236 e. The Hall–Kier alpha value is -1.88. The van der Waals surface area contributed by atoms with E-state index in [1.807, 2.05) is 18.4 Å². The number of anilines is 1. The van der Waals surface area contributed by atoms with Gasteiger partial charge in [0.15, 0.2) is 17.1 Å². The second-order valence-corrected chi connectivity index (χ2v) is 10.8. The summed E-state index contributed by atoms with van der Waals surface area (Å²) in [5, 5.41) is 23.1. The third-order valence-electron chi connectivity index (χ3n) is 5.60. The Morgan fingerprint density at radius 2 is 2.03 bits per heavy atom. The number of amides is 1. The molecule has 1 fully saturated rings. The van der Waals surface area contributed by atoms with Gasteiger partial charge in [-0.25, -0.2) is 0 Å². The summed E-state index contributed by atoms with van der Waals surface area (Å²) < 4.78 is 7.91. The average molecular weight is 542 g/mol. The number of nitrogens with zero attached hydrogens (tertiary/aromatic N) is 5. The summed E-state index contributed by atoms with van der Waals surface area (Å²) in [5.41, 5.74) is 0. The van der Waals surface area contributed by atoms with Gasteiger partial charge < -0.3 is 9.30 Å². The highest BCUT2D eigenvalue weighted by Crippen LogP contribution is 2.35. The Balaban J connectivity index is 1.34. The summed E-state index contributed by atoms with van der Waals surface area (Å²) in [6.07, 6.45) is 5.67. The van der Waals surface area contributed by atoms with E-state index in [-0.39, 0.29) is 11.7 Å². The zero-order chi connectivity index (χ0) is 24.1. The molecular weight excluding hydrogens is 515 g/mol. The lowest BCUT2D eigenvalue weighted by Crippen LogP contribution is -2.15. The highest BCUT2D eigenvalue weighted by Gasteiger charge is 2.22. The van der Waals surface area contributed by atoms with Crippen molar-refractivity contribution >= 4 is 57.3 Å². The van der Waals surface area contributed by atoms with Crippen LogP contribution in [-0.2, 0) is 11.3 Å². The van der Waals surface area contributed by atoms with E-state index in [4.69, 9.17) is 27.9 Å². The van der Waals surface area contributed by atoms with Crippen LogP contribution in [0.1, 0.15) is 68.8 Å². The van der Waals surface area contributed by atoms with Crippen molar-refractivity contribution in [2.24, 2.45) is 0 Å². The quantitative estimate of drug-likeness (QED) is 0.314. The molecule has 1 atom stereocenters. The summed E-state index contributed by atoms with van der Waals surface area (Å²) in [5.74, 6) is 1.68. The van der Waals surface area contributed by atoms with Crippen molar-refractivity contribution in [3.05, 3.63) is 39.1 Å². The van der Waals surface area contributed by atoms with Gasteiger partial charge in [0.25, 0.3) is 0 Å². The molecule has 3 aromatic rings. The molecule has 0 aliphatic heterocycles. The van der Waals surface area contributed by atoms with Gasteiger partial charge in [0.05, 0.1) is 10.8 Å². The van der Waals surface area contributed by atoms with E-state index < -0.39 is 6.10 Å². The lowest BCUT2D eigenvalue weighted by Gasteiger charge is -2.18.